The minimum Gasteiger partial charge on any atom is -0.463 e. The SMILES string of the molecule is CCCOc1nc(NN)nc(NCCN(C)C(C)CC)n1. The molecule has 1 aromatic heterocycles. The third-order valence-electron chi connectivity index (χ3n) is 3.27. The first-order valence-electron chi connectivity index (χ1n) is 7.40. The summed E-state index contributed by atoms with van der Waals surface area (Å²) < 4.78 is 5.41. The number of aromatic nitrogens is 3. The molecule has 1 heterocycles. The second kappa shape index (κ2) is 9.30. The molecule has 0 fully saturated rings. The molecule has 1 unspecified atom stereocenters. The molecule has 0 aliphatic heterocycles. The summed E-state index contributed by atoms with van der Waals surface area (Å²) in [4.78, 5) is 14.7. The largest absolute Gasteiger partial charge is 0.463 e. The summed E-state index contributed by atoms with van der Waals surface area (Å²) in [5, 5.41) is 3.17. The van der Waals surface area contributed by atoms with E-state index in [1.807, 2.05) is 6.92 Å². The van der Waals surface area contributed by atoms with E-state index in [1.54, 1.807) is 0 Å². The molecule has 8 heteroatoms. The van der Waals surface area contributed by atoms with E-state index in [1.165, 1.54) is 0 Å². The van der Waals surface area contributed by atoms with Crippen molar-refractivity contribution in [2.45, 2.75) is 39.7 Å². The lowest BCUT2D eigenvalue weighted by Gasteiger charge is -2.23. The molecule has 0 saturated heterocycles. The highest BCUT2D eigenvalue weighted by atomic mass is 16.5. The molecule has 1 aromatic rings. The van der Waals surface area contributed by atoms with Gasteiger partial charge in [-0.3, -0.25) is 5.43 Å². The van der Waals surface area contributed by atoms with Gasteiger partial charge in [0.25, 0.3) is 0 Å². The zero-order chi connectivity index (χ0) is 15.7. The Bertz CT molecular complexity index is 416. The maximum absolute atomic E-state index is 5.41. The van der Waals surface area contributed by atoms with Crippen molar-refractivity contribution in [3.05, 3.63) is 0 Å². The van der Waals surface area contributed by atoms with Crippen molar-refractivity contribution in [1.82, 2.24) is 19.9 Å². The highest BCUT2D eigenvalue weighted by Crippen LogP contribution is 2.10. The van der Waals surface area contributed by atoms with Gasteiger partial charge in [0.2, 0.25) is 11.9 Å². The van der Waals surface area contributed by atoms with Gasteiger partial charge >= 0.3 is 6.01 Å². The molecule has 0 aromatic carbocycles. The summed E-state index contributed by atoms with van der Waals surface area (Å²) >= 11 is 0. The lowest BCUT2D eigenvalue weighted by Crippen LogP contribution is -2.33. The van der Waals surface area contributed by atoms with Gasteiger partial charge in [0, 0.05) is 19.1 Å². The van der Waals surface area contributed by atoms with E-state index in [0.29, 0.717) is 18.6 Å². The standard InChI is InChI=1S/C13H27N7O/c1-5-9-21-13-17-11(16-12(18-13)19-14)15-7-8-20(4)10(3)6-2/h10H,5-9,14H2,1-4H3,(H2,15,16,17,18,19). The number of hydrogen-bond acceptors (Lipinski definition) is 8. The van der Waals surface area contributed by atoms with Crippen molar-refractivity contribution in [3.8, 4) is 6.01 Å². The number of anilines is 2. The molecule has 0 aliphatic rings. The van der Waals surface area contributed by atoms with Gasteiger partial charge in [0.05, 0.1) is 6.61 Å². The summed E-state index contributed by atoms with van der Waals surface area (Å²) in [5.74, 6) is 6.10. The first-order valence-corrected chi connectivity index (χ1v) is 7.40. The molecule has 120 valence electrons. The second-order valence-corrected chi connectivity index (χ2v) is 4.92. The Balaban J connectivity index is 2.57. The van der Waals surface area contributed by atoms with Gasteiger partial charge in [-0.2, -0.15) is 15.0 Å². The first-order chi connectivity index (χ1) is 10.1. The van der Waals surface area contributed by atoms with E-state index in [9.17, 15) is 0 Å². The average Bonchev–Trinajstić information content (AvgIpc) is 2.51. The molecule has 1 rings (SSSR count). The molecule has 0 radical (unpaired) electrons. The van der Waals surface area contributed by atoms with Crippen molar-refractivity contribution in [2.75, 3.05) is 37.5 Å². The van der Waals surface area contributed by atoms with Crippen LogP contribution in [-0.2, 0) is 0 Å². The van der Waals surface area contributed by atoms with Gasteiger partial charge in [0.1, 0.15) is 0 Å². The second-order valence-electron chi connectivity index (χ2n) is 4.92. The van der Waals surface area contributed by atoms with Crippen LogP contribution in [0.15, 0.2) is 0 Å². The third kappa shape index (κ3) is 6.09. The van der Waals surface area contributed by atoms with Crippen LogP contribution in [0.5, 0.6) is 6.01 Å². The molecular formula is C13H27N7O. The molecule has 0 bridgehead atoms. The van der Waals surface area contributed by atoms with Crippen LogP contribution >= 0.6 is 0 Å². The number of nitrogen functional groups attached to an aromatic ring is 1. The maximum Gasteiger partial charge on any atom is 0.323 e. The van der Waals surface area contributed by atoms with Gasteiger partial charge in [-0.15, -0.1) is 0 Å². The molecule has 0 spiro atoms. The molecule has 4 N–H and O–H groups in total. The van der Waals surface area contributed by atoms with Crippen molar-refractivity contribution in [2.24, 2.45) is 5.84 Å². The van der Waals surface area contributed by atoms with Gasteiger partial charge < -0.3 is 15.0 Å². The fourth-order valence-electron chi connectivity index (χ4n) is 1.63. The van der Waals surface area contributed by atoms with Crippen LogP contribution in [0.25, 0.3) is 0 Å². The van der Waals surface area contributed by atoms with E-state index in [0.717, 1.165) is 25.9 Å². The Labute approximate surface area is 126 Å². The Hall–Kier alpha value is -1.67. The predicted molar refractivity (Wildman–Crippen MR) is 84.3 cm³/mol. The number of nitrogens with two attached hydrogens (primary N) is 1. The fourth-order valence-corrected chi connectivity index (χ4v) is 1.63. The minimum atomic E-state index is 0.276. The van der Waals surface area contributed by atoms with Crippen molar-refractivity contribution >= 4 is 11.9 Å². The number of ether oxygens (including phenoxy) is 1. The minimum absolute atomic E-state index is 0.276. The molecular weight excluding hydrogens is 270 g/mol. The number of nitrogens with one attached hydrogen (secondary N) is 2. The van der Waals surface area contributed by atoms with E-state index >= 15 is 0 Å². The van der Waals surface area contributed by atoms with Gasteiger partial charge in [-0.05, 0) is 26.8 Å². The zero-order valence-electron chi connectivity index (χ0n) is 13.4. The Morgan fingerprint density at radius 2 is 1.95 bits per heavy atom. The molecule has 0 saturated carbocycles. The lowest BCUT2D eigenvalue weighted by molar-refractivity contribution is 0.261. The first kappa shape index (κ1) is 17.4. The summed E-state index contributed by atoms with van der Waals surface area (Å²) in [5.41, 5.74) is 2.42. The van der Waals surface area contributed by atoms with Crippen molar-refractivity contribution in [1.29, 1.82) is 0 Å². The highest BCUT2D eigenvalue weighted by molar-refractivity contribution is 5.34. The van der Waals surface area contributed by atoms with Crippen LogP contribution < -0.4 is 21.3 Å². The Kier molecular flexibility index (Phi) is 7.70. The fraction of sp³-hybridized carbons (Fsp3) is 0.769. The van der Waals surface area contributed by atoms with Crippen molar-refractivity contribution < 1.29 is 4.74 Å². The van der Waals surface area contributed by atoms with E-state index < -0.39 is 0 Å². The summed E-state index contributed by atoms with van der Waals surface area (Å²) in [6.07, 6.45) is 2.01. The number of likely N-dealkylation sites (N-methyl/N-ethyl adjacent to an activating group) is 1. The monoisotopic (exact) mass is 297 g/mol. The van der Waals surface area contributed by atoms with E-state index in [-0.39, 0.29) is 12.0 Å². The van der Waals surface area contributed by atoms with Crippen LogP contribution in [0.3, 0.4) is 0 Å². The number of hydrogen-bond donors (Lipinski definition) is 3. The lowest BCUT2D eigenvalue weighted by atomic mass is 10.2. The van der Waals surface area contributed by atoms with Crippen LogP contribution in [0.4, 0.5) is 11.9 Å². The van der Waals surface area contributed by atoms with Crippen LogP contribution in [-0.4, -0.2) is 52.6 Å². The zero-order valence-corrected chi connectivity index (χ0v) is 13.4. The smallest absolute Gasteiger partial charge is 0.323 e. The third-order valence-corrected chi connectivity index (χ3v) is 3.27. The van der Waals surface area contributed by atoms with Crippen LogP contribution in [0.1, 0.15) is 33.6 Å². The van der Waals surface area contributed by atoms with Crippen LogP contribution in [0, 0.1) is 0 Å². The quantitative estimate of drug-likeness (QED) is 0.436. The normalized spacial score (nSPS) is 12.3. The van der Waals surface area contributed by atoms with E-state index in [2.05, 4.69) is 51.5 Å². The van der Waals surface area contributed by atoms with Gasteiger partial charge in [0.15, 0.2) is 0 Å². The molecule has 21 heavy (non-hydrogen) atoms. The summed E-state index contributed by atoms with van der Waals surface area (Å²) in [6, 6.07) is 0.826. The number of rotatable bonds is 10. The Morgan fingerprint density at radius 1 is 1.24 bits per heavy atom. The van der Waals surface area contributed by atoms with Gasteiger partial charge in [-0.1, -0.05) is 13.8 Å². The Morgan fingerprint density at radius 3 is 2.57 bits per heavy atom. The number of nitrogens with zero attached hydrogens (tertiary/aromatic N) is 4. The molecule has 0 aliphatic carbocycles. The number of hydrazine groups is 1. The van der Waals surface area contributed by atoms with Crippen molar-refractivity contribution in [3.63, 3.8) is 0 Å². The molecule has 0 amide bonds. The highest BCUT2D eigenvalue weighted by Gasteiger charge is 2.08. The summed E-state index contributed by atoms with van der Waals surface area (Å²) in [6.45, 7) is 8.60. The predicted octanol–water partition coefficient (Wildman–Crippen LogP) is 1.09. The average molecular weight is 297 g/mol. The maximum atomic E-state index is 5.41. The van der Waals surface area contributed by atoms with E-state index in [4.69, 9.17) is 10.6 Å². The van der Waals surface area contributed by atoms with Crippen LogP contribution in [0.2, 0.25) is 0 Å². The summed E-state index contributed by atoms with van der Waals surface area (Å²) in [7, 11) is 2.10. The topological polar surface area (TPSA) is 101 Å². The van der Waals surface area contributed by atoms with Gasteiger partial charge in [-0.25, -0.2) is 5.84 Å². The molecule has 8 nitrogen and oxygen atoms in total. The molecule has 1 atom stereocenters.